The first-order chi connectivity index (χ1) is 7.58. The fourth-order valence-electron chi connectivity index (χ4n) is 1.45. The standard InChI is InChI=1S/C12H12FNOS/c1-7-3-4-9(5-10(7)13)12(15)11-6-14-8(2)16-11/h3-6,12,15H,1-2H3. The van der Waals surface area contributed by atoms with E-state index in [-0.39, 0.29) is 5.82 Å². The van der Waals surface area contributed by atoms with Crippen molar-refractivity contribution in [1.82, 2.24) is 4.98 Å². The molecule has 1 aromatic carbocycles. The van der Waals surface area contributed by atoms with Crippen LogP contribution in [0.4, 0.5) is 4.39 Å². The lowest BCUT2D eigenvalue weighted by atomic mass is 10.1. The van der Waals surface area contributed by atoms with E-state index in [2.05, 4.69) is 4.98 Å². The molecule has 4 heteroatoms. The van der Waals surface area contributed by atoms with Gasteiger partial charge in [0.25, 0.3) is 0 Å². The van der Waals surface area contributed by atoms with Crippen molar-refractivity contribution in [2.75, 3.05) is 0 Å². The van der Waals surface area contributed by atoms with Gasteiger partial charge in [0.15, 0.2) is 0 Å². The van der Waals surface area contributed by atoms with Crippen molar-refractivity contribution < 1.29 is 9.50 Å². The third-order valence-corrected chi connectivity index (χ3v) is 3.39. The average Bonchev–Trinajstić information content (AvgIpc) is 2.68. The number of aryl methyl sites for hydroxylation is 2. The molecule has 0 aliphatic heterocycles. The fourth-order valence-corrected chi connectivity index (χ4v) is 2.25. The number of aromatic nitrogens is 1. The Labute approximate surface area is 97.4 Å². The van der Waals surface area contributed by atoms with Crippen molar-refractivity contribution in [3.8, 4) is 0 Å². The Morgan fingerprint density at radius 2 is 2.12 bits per heavy atom. The van der Waals surface area contributed by atoms with Crippen LogP contribution in [0.25, 0.3) is 0 Å². The highest BCUT2D eigenvalue weighted by Crippen LogP contribution is 2.27. The van der Waals surface area contributed by atoms with Crippen LogP contribution in [0.15, 0.2) is 24.4 Å². The van der Waals surface area contributed by atoms with Crippen LogP contribution in [0.5, 0.6) is 0 Å². The van der Waals surface area contributed by atoms with E-state index in [1.54, 1.807) is 25.3 Å². The molecule has 2 aromatic rings. The van der Waals surface area contributed by atoms with Gasteiger partial charge in [-0.05, 0) is 31.0 Å². The summed E-state index contributed by atoms with van der Waals surface area (Å²) in [5, 5.41) is 10.9. The quantitative estimate of drug-likeness (QED) is 0.871. The first-order valence-electron chi connectivity index (χ1n) is 4.94. The molecule has 2 nitrogen and oxygen atoms in total. The lowest BCUT2D eigenvalue weighted by Gasteiger charge is -2.09. The second-order valence-corrected chi connectivity index (χ2v) is 4.96. The number of hydrogen-bond acceptors (Lipinski definition) is 3. The minimum Gasteiger partial charge on any atom is -0.383 e. The summed E-state index contributed by atoms with van der Waals surface area (Å²) in [5.74, 6) is -0.294. The van der Waals surface area contributed by atoms with Gasteiger partial charge in [0.1, 0.15) is 11.9 Å². The summed E-state index contributed by atoms with van der Waals surface area (Å²) < 4.78 is 13.3. The van der Waals surface area contributed by atoms with E-state index in [1.165, 1.54) is 17.4 Å². The Morgan fingerprint density at radius 1 is 1.38 bits per heavy atom. The second-order valence-electron chi connectivity index (χ2n) is 3.69. The van der Waals surface area contributed by atoms with Gasteiger partial charge >= 0.3 is 0 Å². The monoisotopic (exact) mass is 237 g/mol. The normalized spacial score (nSPS) is 12.8. The van der Waals surface area contributed by atoms with Gasteiger partial charge in [-0.1, -0.05) is 12.1 Å². The Balaban J connectivity index is 2.33. The molecule has 0 aliphatic carbocycles. The molecule has 0 saturated carbocycles. The maximum atomic E-state index is 13.3. The van der Waals surface area contributed by atoms with Crippen LogP contribution in [0, 0.1) is 19.7 Å². The minimum atomic E-state index is -0.790. The zero-order chi connectivity index (χ0) is 11.7. The van der Waals surface area contributed by atoms with E-state index in [4.69, 9.17) is 0 Å². The van der Waals surface area contributed by atoms with Crippen LogP contribution < -0.4 is 0 Å². The summed E-state index contributed by atoms with van der Waals surface area (Å²) in [6.07, 6.45) is 0.837. The molecule has 1 heterocycles. The molecule has 16 heavy (non-hydrogen) atoms. The summed E-state index contributed by atoms with van der Waals surface area (Å²) >= 11 is 1.42. The Kier molecular flexibility index (Phi) is 3.03. The number of nitrogens with zero attached hydrogens (tertiary/aromatic N) is 1. The van der Waals surface area contributed by atoms with E-state index in [1.807, 2.05) is 6.92 Å². The largest absolute Gasteiger partial charge is 0.383 e. The Hall–Kier alpha value is -1.26. The zero-order valence-corrected chi connectivity index (χ0v) is 9.88. The van der Waals surface area contributed by atoms with Crippen LogP contribution in [0.1, 0.15) is 27.1 Å². The Bertz CT molecular complexity index is 509. The summed E-state index contributed by atoms with van der Waals surface area (Å²) in [7, 11) is 0. The molecule has 0 amide bonds. The van der Waals surface area contributed by atoms with Gasteiger partial charge in [0.2, 0.25) is 0 Å². The number of halogens is 1. The van der Waals surface area contributed by atoms with Gasteiger partial charge in [0.05, 0.1) is 9.88 Å². The number of hydrogen-bond donors (Lipinski definition) is 1. The molecule has 0 radical (unpaired) electrons. The molecule has 1 N–H and O–H groups in total. The molecule has 0 saturated heterocycles. The first kappa shape index (κ1) is 11.2. The molecule has 0 spiro atoms. The SMILES string of the molecule is Cc1ncc(C(O)c2ccc(C)c(F)c2)s1. The van der Waals surface area contributed by atoms with Gasteiger partial charge < -0.3 is 5.11 Å². The van der Waals surface area contributed by atoms with E-state index >= 15 is 0 Å². The maximum Gasteiger partial charge on any atom is 0.126 e. The van der Waals surface area contributed by atoms with Gasteiger partial charge in [-0.15, -0.1) is 11.3 Å². The topological polar surface area (TPSA) is 33.1 Å². The van der Waals surface area contributed by atoms with Gasteiger partial charge in [-0.3, -0.25) is 0 Å². The summed E-state index contributed by atoms with van der Waals surface area (Å²) in [5.41, 5.74) is 1.14. The second kappa shape index (κ2) is 4.31. The van der Waals surface area contributed by atoms with Crippen molar-refractivity contribution in [3.05, 3.63) is 51.2 Å². The minimum absolute atomic E-state index is 0.294. The van der Waals surface area contributed by atoms with E-state index in [9.17, 15) is 9.50 Å². The van der Waals surface area contributed by atoms with Crippen LogP contribution in [-0.2, 0) is 0 Å². The molecule has 1 atom stereocenters. The Morgan fingerprint density at radius 3 is 2.69 bits per heavy atom. The molecule has 0 fully saturated rings. The third-order valence-electron chi connectivity index (χ3n) is 2.42. The maximum absolute atomic E-state index is 13.3. The molecule has 0 bridgehead atoms. The van der Waals surface area contributed by atoms with Crippen LogP contribution in [-0.4, -0.2) is 10.1 Å². The van der Waals surface area contributed by atoms with E-state index < -0.39 is 6.10 Å². The molecular formula is C12H12FNOS. The van der Waals surface area contributed by atoms with Crippen molar-refractivity contribution >= 4 is 11.3 Å². The summed E-state index contributed by atoms with van der Waals surface area (Å²) in [6, 6.07) is 4.77. The summed E-state index contributed by atoms with van der Waals surface area (Å²) in [4.78, 5) is 4.80. The zero-order valence-electron chi connectivity index (χ0n) is 9.07. The lowest BCUT2D eigenvalue weighted by molar-refractivity contribution is 0.223. The number of thiazole rings is 1. The highest BCUT2D eigenvalue weighted by atomic mass is 32.1. The van der Waals surface area contributed by atoms with Crippen molar-refractivity contribution in [1.29, 1.82) is 0 Å². The van der Waals surface area contributed by atoms with Crippen molar-refractivity contribution in [3.63, 3.8) is 0 Å². The third kappa shape index (κ3) is 2.13. The average molecular weight is 237 g/mol. The predicted octanol–water partition coefficient (Wildman–Crippen LogP) is 2.98. The van der Waals surface area contributed by atoms with Crippen LogP contribution in [0.3, 0.4) is 0 Å². The number of rotatable bonds is 2. The van der Waals surface area contributed by atoms with Gasteiger partial charge in [0, 0.05) is 6.20 Å². The highest BCUT2D eigenvalue weighted by Gasteiger charge is 2.14. The lowest BCUT2D eigenvalue weighted by Crippen LogP contribution is -1.98. The van der Waals surface area contributed by atoms with E-state index in [0.29, 0.717) is 11.1 Å². The molecule has 1 unspecified atom stereocenters. The number of aliphatic hydroxyl groups is 1. The van der Waals surface area contributed by atoms with E-state index in [0.717, 1.165) is 9.88 Å². The number of aliphatic hydroxyl groups excluding tert-OH is 1. The number of benzene rings is 1. The molecule has 2 rings (SSSR count). The molecular weight excluding hydrogens is 225 g/mol. The van der Waals surface area contributed by atoms with Crippen LogP contribution >= 0.6 is 11.3 Å². The molecule has 0 aliphatic rings. The van der Waals surface area contributed by atoms with Crippen molar-refractivity contribution in [2.24, 2.45) is 0 Å². The first-order valence-corrected chi connectivity index (χ1v) is 5.76. The van der Waals surface area contributed by atoms with Gasteiger partial charge in [-0.2, -0.15) is 0 Å². The smallest absolute Gasteiger partial charge is 0.126 e. The molecule has 84 valence electrons. The highest BCUT2D eigenvalue weighted by molar-refractivity contribution is 7.11. The summed E-state index contributed by atoms with van der Waals surface area (Å²) in [6.45, 7) is 3.57. The van der Waals surface area contributed by atoms with Gasteiger partial charge in [-0.25, -0.2) is 9.37 Å². The van der Waals surface area contributed by atoms with Crippen molar-refractivity contribution in [2.45, 2.75) is 20.0 Å². The van der Waals surface area contributed by atoms with Crippen LogP contribution in [0.2, 0.25) is 0 Å². The fraction of sp³-hybridized carbons (Fsp3) is 0.250. The molecule has 1 aromatic heterocycles. The predicted molar refractivity (Wildman–Crippen MR) is 62.0 cm³/mol.